The van der Waals surface area contributed by atoms with Gasteiger partial charge in [-0.1, -0.05) is 35.9 Å². The van der Waals surface area contributed by atoms with Crippen LogP contribution in [0.4, 0.5) is 5.69 Å². The number of rotatable bonds is 4. The average Bonchev–Trinajstić information content (AvgIpc) is 3.33. The molecule has 6 nitrogen and oxygen atoms in total. The molecular weight excluding hydrogens is 386 g/mol. The average molecular weight is 403 g/mol. The van der Waals surface area contributed by atoms with E-state index in [-0.39, 0.29) is 11.8 Å². The number of hydrogen-bond acceptors (Lipinski definition) is 5. The van der Waals surface area contributed by atoms with E-state index < -0.39 is 0 Å². The van der Waals surface area contributed by atoms with E-state index in [1.807, 2.05) is 49.4 Å². The third-order valence-electron chi connectivity index (χ3n) is 4.13. The predicted octanol–water partition coefficient (Wildman–Crippen LogP) is 4.54. The van der Waals surface area contributed by atoms with Gasteiger partial charge in [0, 0.05) is 11.6 Å². The smallest absolute Gasteiger partial charge is 0.285 e. The molecule has 1 aromatic heterocycles. The summed E-state index contributed by atoms with van der Waals surface area (Å²) in [5, 5.41) is 1.54. The first-order valence-electron chi connectivity index (χ1n) is 8.89. The van der Waals surface area contributed by atoms with Crippen LogP contribution in [0.2, 0.25) is 0 Å². The molecule has 7 heteroatoms. The largest absolute Gasteiger partial charge is 0.465 e. The maximum atomic E-state index is 13.0. The van der Waals surface area contributed by atoms with Gasteiger partial charge in [0.2, 0.25) is 0 Å². The van der Waals surface area contributed by atoms with E-state index in [0.717, 1.165) is 5.56 Å². The molecule has 0 aliphatic carbocycles. The third kappa shape index (κ3) is 4.30. The monoisotopic (exact) mass is 403 g/mol. The van der Waals surface area contributed by atoms with Crippen molar-refractivity contribution in [1.29, 1.82) is 0 Å². The van der Waals surface area contributed by atoms with Crippen molar-refractivity contribution in [3.05, 3.63) is 94.8 Å². The Hall–Kier alpha value is -3.58. The fourth-order valence-corrected chi connectivity index (χ4v) is 3.56. The molecule has 1 aliphatic rings. The SMILES string of the molecule is Cc1ccc(C(=O)NN2C(=O)/C(=C\c3ccco3)SC2=Nc2ccccc2)cc1. The Morgan fingerprint density at radius 1 is 1.07 bits per heavy atom. The number of amidine groups is 1. The van der Waals surface area contributed by atoms with E-state index >= 15 is 0 Å². The summed E-state index contributed by atoms with van der Waals surface area (Å²) in [6.45, 7) is 1.94. The fraction of sp³-hybridized carbons (Fsp3) is 0.0455. The first-order valence-corrected chi connectivity index (χ1v) is 9.71. The van der Waals surface area contributed by atoms with Gasteiger partial charge in [0.05, 0.1) is 16.9 Å². The van der Waals surface area contributed by atoms with Gasteiger partial charge in [0.15, 0.2) is 5.17 Å². The van der Waals surface area contributed by atoms with Gasteiger partial charge in [-0.3, -0.25) is 15.0 Å². The number of furan rings is 1. The molecule has 1 aliphatic heterocycles. The standard InChI is InChI=1S/C22H17N3O3S/c1-15-9-11-16(12-10-15)20(26)24-25-21(27)19(14-18-8-5-13-28-18)29-22(25)23-17-6-3-2-4-7-17/h2-14H,1H3,(H,24,26)/b19-14+,23-22?. The Morgan fingerprint density at radius 2 is 1.83 bits per heavy atom. The molecule has 0 atom stereocenters. The van der Waals surface area contributed by atoms with Gasteiger partial charge >= 0.3 is 0 Å². The summed E-state index contributed by atoms with van der Waals surface area (Å²) in [5.74, 6) is -0.216. The van der Waals surface area contributed by atoms with Crippen LogP contribution < -0.4 is 5.43 Å². The summed E-state index contributed by atoms with van der Waals surface area (Å²) in [4.78, 5) is 30.6. The highest BCUT2D eigenvalue weighted by atomic mass is 32.2. The van der Waals surface area contributed by atoms with Crippen LogP contribution >= 0.6 is 11.8 Å². The number of amides is 2. The quantitative estimate of drug-likeness (QED) is 0.649. The Bertz CT molecular complexity index is 1090. The van der Waals surface area contributed by atoms with Gasteiger partial charge in [0.25, 0.3) is 11.8 Å². The molecule has 1 N–H and O–H groups in total. The molecule has 0 radical (unpaired) electrons. The molecule has 0 bridgehead atoms. The minimum atomic E-state index is -0.390. The van der Waals surface area contributed by atoms with Crippen LogP contribution in [0.5, 0.6) is 0 Å². The maximum Gasteiger partial charge on any atom is 0.285 e. The molecule has 2 heterocycles. The van der Waals surface area contributed by atoms with Crippen LogP contribution in [0, 0.1) is 6.92 Å². The minimum Gasteiger partial charge on any atom is -0.465 e. The Labute approximate surface area is 171 Å². The van der Waals surface area contributed by atoms with Crippen LogP contribution in [0.1, 0.15) is 21.7 Å². The molecule has 0 spiro atoms. The molecule has 1 saturated heterocycles. The number of hydrazine groups is 1. The number of aliphatic imine (C=N–C) groups is 1. The molecule has 29 heavy (non-hydrogen) atoms. The zero-order valence-corrected chi connectivity index (χ0v) is 16.3. The van der Waals surface area contributed by atoms with Crippen LogP contribution in [-0.4, -0.2) is 22.0 Å². The van der Waals surface area contributed by atoms with E-state index in [9.17, 15) is 9.59 Å². The molecule has 0 unspecified atom stereocenters. The molecule has 144 valence electrons. The van der Waals surface area contributed by atoms with Gasteiger partial charge < -0.3 is 4.42 Å². The van der Waals surface area contributed by atoms with Gasteiger partial charge in [-0.2, -0.15) is 5.01 Å². The lowest BCUT2D eigenvalue weighted by molar-refractivity contribution is -0.123. The van der Waals surface area contributed by atoms with Crippen molar-refractivity contribution in [2.24, 2.45) is 4.99 Å². The van der Waals surface area contributed by atoms with E-state index in [0.29, 0.717) is 27.1 Å². The van der Waals surface area contributed by atoms with Gasteiger partial charge in [-0.15, -0.1) is 0 Å². The lowest BCUT2D eigenvalue weighted by atomic mass is 10.1. The molecule has 2 amide bonds. The highest BCUT2D eigenvalue weighted by Gasteiger charge is 2.35. The zero-order chi connectivity index (χ0) is 20.2. The van der Waals surface area contributed by atoms with Crippen molar-refractivity contribution >= 4 is 40.5 Å². The van der Waals surface area contributed by atoms with Crippen LogP contribution in [0.15, 0.2) is 87.3 Å². The molecule has 3 aromatic rings. The second-order valence-corrected chi connectivity index (χ2v) is 7.31. The van der Waals surface area contributed by atoms with Crippen molar-refractivity contribution in [3.63, 3.8) is 0 Å². The summed E-state index contributed by atoms with van der Waals surface area (Å²) in [6.07, 6.45) is 3.16. The van der Waals surface area contributed by atoms with E-state index in [1.165, 1.54) is 23.0 Å². The molecule has 2 aromatic carbocycles. The Balaban J connectivity index is 1.65. The summed E-state index contributed by atoms with van der Waals surface area (Å²) < 4.78 is 5.31. The number of nitrogens with one attached hydrogen (secondary N) is 1. The van der Waals surface area contributed by atoms with Gasteiger partial charge in [-0.05, 0) is 55.1 Å². The first-order chi connectivity index (χ1) is 14.1. The maximum absolute atomic E-state index is 13.0. The van der Waals surface area contributed by atoms with Crippen molar-refractivity contribution in [2.45, 2.75) is 6.92 Å². The Kier molecular flexibility index (Phi) is 5.31. The Morgan fingerprint density at radius 3 is 2.52 bits per heavy atom. The van der Waals surface area contributed by atoms with Crippen LogP contribution in [0.25, 0.3) is 6.08 Å². The number of aryl methyl sites for hydroxylation is 1. The van der Waals surface area contributed by atoms with Crippen molar-refractivity contribution in [1.82, 2.24) is 10.4 Å². The summed E-state index contributed by atoms with van der Waals surface area (Å²) in [5.41, 5.74) is 4.84. The predicted molar refractivity (Wildman–Crippen MR) is 113 cm³/mol. The lowest BCUT2D eigenvalue weighted by Crippen LogP contribution is -2.45. The number of carbonyl (C=O) groups is 2. The van der Waals surface area contributed by atoms with Crippen molar-refractivity contribution in [3.8, 4) is 0 Å². The van der Waals surface area contributed by atoms with Gasteiger partial charge in [0.1, 0.15) is 5.76 Å². The highest BCUT2D eigenvalue weighted by Crippen LogP contribution is 2.33. The highest BCUT2D eigenvalue weighted by molar-refractivity contribution is 8.18. The number of para-hydroxylation sites is 1. The van der Waals surface area contributed by atoms with Crippen molar-refractivity contribution < 1.29 is 14.0 Å². The number of carbonyl (C=O) groups excluding carboxylic acids is 2. The minimum absolute atomic E-state index is 0.361. The van der Waals surface area contributed by atoms with E-state index in [4.69, 9.17) is 4.42 Å². The van der Waals surface area contributed by atoms with Crippen molar-refractivity contribution in [2.75, 3.05) is 0 Å². The van der Waals surface area contributed by atoms with Crippen LogP contribution in [0.3, 0.4) is 0 Å². The zero-order valence-electron chi connectivity index (χ0n) is 15.5. The van der Waals surface area contributed by atoms with Gasteiger partial charge in [-0.25, -0.2) is 4.99 Å². The van der Waals surface area contributed by atoms with Crippen LogP contribution in [-0.2, 0) is 4.79 Å². The summed E-state index contributed by atoms with van der Waals surface area (Å²) in [7, 11) is 0. The summed E-state index contributed by atoms with van der Waals surface area (Å²) >= 11 is 1.17. The van der Waals surface area contributed by atoms with E-state index in [1.54, 1.807) is 30.3 Å². The number of hydrogen-bond donors (Lipinski definition) is 1. The fourth-order valence-electron chi connectivity index (χ4n) is 2.63. The second-order valence-electron chi connectivity index (χ2n) is 6.30. The first kappa shape index (κ1) is 18.8. The topological polar surface area (TPSA) is 74.9 Å². The summed E-state index contributed by atoms with van der Waals surface area (Å²) in [6, 6.07) is 19.9. The molecule has 1 fully saturated rings. The molecule has 4 rings (SSSR count). The third-order valence-corrected chi connectivity index (χ3v) is 5.10. The second kappa shape index (κ2) is 8.20. The molecular formula is C22H17N3O3S. The lowest BCUT2D eigenvalue weighted by Gasteiger charge is -2.16. The normalized spacial score (nSPS) is 16.6. The van der Waals surface area contributed by atoms with E-state index in [2.05, 4.69) is 10.4 Å². The number of benzene rings is 2. The molecule has 0 saturated carbocycles. The number of nitrogens with zero attached hydrogens (tertiary/aromatic N) is 2. The number of thioether (sulfide) groups is 1.